The van der Waals surface area contributed by atoms with Crippen molar-refractivity contribution in [3.63, 3.8) is 0 Å². The van der Waals surface area contributed by atoms with Gasteiger partial charge < -0.3 is 19.5 Å². The molecule has 0 saturated carbocycles. The van der Waals surface area contributed by atoms with Crippen LogP contribution in [0.1, 0.15) is 5.82 Å². The Kier molecular flexibility index (Phi) is 6.26. The van der Waals surface area contributed by atoms with Crippen LogP contribution in [0.25, 0.3) is 0 Å². The van der Waals surface area contributed by atoms with Crippen molar-refractivity contribution in [2.45, 2.75) is 11.8 Å². The van der Waals surface area contributed by atoms with E-state index in [0.717, 1.165) is 5.69 Å². The largest absolute Gasteiger partial charge is 0.497 e. The van der Waals surface area contributed by atoms with Crippen molar-refractivity contribution in [3.8, 4) is 17.4 Å². The van der Waals surface area contributed by atoms with E-state index in [4.69, 9.17) is 14.2 Å². The molecule has 0 aliphatic heterocycles. The molecule has 0 spiro atoms. The standard InChI is InChI=1S/C20H22N4O5S/c1-13-21-19(12-20(22-13)29-4)23-14-5-7-15(8-6-14)24-30(25,26)18-11-16(27-2)9-10-17(18)28-3/h5-12,24H,1-4H3,(H,21,22,23). The van der Waals surface area contributed by atoms with E-state index < -0.39 is 10.0 Å². The van der Waals surface area contributed by atoms with Gasteiger partial charge in [-0.1, -0.05) is 0 Å². The van der Waals surface area contributed by atoms with Gasteiger partial charge in [0.2, 0.25) is 5.88 Å². The highest BCUT2D eigenvalue weighted by atomic mass is 32.2. The lowest BCUT2D eigenvalue weighted by Crippen LogP contribution is -2.14. The van der Waals surface area contributed by atoms with Gasteiger partial charge in [-0.25, -0.2) is 13.4 Å². The molecule has 1 heterocycles. The lowest BCUT2D eigenvalue weighted by atomic mass is 10.3. The van der Waals surface area contributed by atoms with Gasteiger partial charge in [0, 0.05) is 23.5 Å². The van der Waals surface area contributed by atoms with Crippen LogP contribution in [-0.4, -0.2) is 39.7 Å². The molecular weight excluding hydrogens is 408 g/mol. The Morgan fingerprint density at radius 2 is 1.53 bits per heavy atom. The highest BCUT2D eigenvalue weighted by Crippen LogP contribution is 2.30. The summed E-state index contributed by atoms with van der Waals surface area (Å²) in [6.45, 7) is 1.76. The Morgan fingerprint density at radius 3 is 2.17 bits per heavy atom. The minimum Gasteiger partial charge on any atom is -0.497 e. The van der Waals surface area contributed by atoms with Gasteiger partial charge in [-0.3, -0.25) is 4.72 Å². The van der Waals surface area contributed by atoms with Crippen LogP contribution in [0.2, 0.25) is 0 Å². The number of aryl methyl sites for hydroxylation is 1. The summed E-state index contributed by atoms with van der Waals surface area (Å²) in [6, 6.07) is 13.0. The van der Waals surface area contributed by atoms with Gasteiger partial charge in [0.15, 0.2) is 0 Å². The third-order valence-corrected chi connectivity index (χ3v) is 5.50. The second-order valence-electron chi connectivity index (χ2n) is 6.17. The first-order chi connectivity index (χ1) is 14.3. The molecule has 0 saturated heterocycles. The van der Waals surface area contributed by atoms with Crippen LogP contribution in [0.15, 0.2) is 53.4 Å². The normalized spacial score (nSPS) is 10.9. The van der Waals surface area contributed by atoms with E-state index in [1.54, 1.807) is 49.4 Å². The van der Waals surface area contributed by atoms with Gasteiger partial charge in [0.1, 0.15) is 28.0 Å². The molecule has 30 heavy (non-hydrogen) atoms. The number of methoxy groups -OCH3 is 3. The maximum Gasteiger partial charge on any atom is 0.265 e. The fraction of sp³-hybridized carbons (Fsp3) is 0.200. The number of hydrogen-bond donors (Lipinski definition) is 2. The highest BCUT2D eigenvalue weighted by molar-refractivity contribution is 7.92. The van der Waals surface area contributed by atoms with E-state index in [1.807, 2.05) is 0 Å². The smallest absolute Gasteiger partial charge is 0.265 e. The fourth-order valence-electron chi connectivity index (χ4n) is 2.68. The molecule has 2 N–H and O–H groups in total. The Morgan fingerprint density at radius 1 is 0.833 bits per heavy atom. The van der Waals surface area contributed by atoms with E-state index >= 15 is 0 Å². The molecule has 3 rings (SSSR count). The zero-order chi connectivity index (χ0) is 21.7. The fourth-order valence-corrected chi connectivity index (χ4v) is 3.93. The van der Waals surface area contributed by atoms with Crippen molar-refractivity contribution in [2.24, 2.45) is 0 Å². The molecule has 0 atom stereocenters. The number of sulfonamides is 1. The predicted octanol–water partition coefficient (Wildman–Crippen LogP) is 3.36. The minimum atomic E-state index is -3.89. The van der Waals surface area contributed by atoms with Crippen LogP contribution in [-0.2, 0) is 10.0 Å². The molecule has 0 aliphatic carbocycles. The molecule has 0 radical (unpaired) electrons. The van der Waals surface area contributed by atoms with Crippen molar-refractivity contribution in [1.82, 2.24) is 9.97 Å². The van der Waals surface area contributed by atoms with Crippen molar-refractivity contribution in [1.29, 1.82) is 0 Å². The molecule has 3 aromatic rings. The number of aromatic nitrogens is 2. The zero-order valence-electron chi connectivity index (χ0n) is 17.0. The summed E-state index contributed by atoms with van der Waals surface area (Å²) in [5.41, 5.74) is 1.11. The Hall–Kier alpha value is -3.53. The van der Waals surface area contributed by atoms with Gasteiger partial charge in [0.25, 0.3) is 10.0 Å². The summed E-state index contributed by atoms with van der Waals surface area (Å²) in [7, 11) is 0.516. The molecule has 10 heteroatoms. The van der Waals surface area contributed by atoms with E-state index in [1.165, 1.54) is 27.4 Å². The van der Waals surface area contributed by atoms with E-state index in [-0.39, 0.29) is 10.6 Å². The SMILES string of the molecule is COc1ccc(OC)c(S(=O)(=O)Nc2ccc(Nc3cc(OC)nc(C)n3)cc2)c1. The number of nitrogens with one attached hydrogen (secondary N) is 2. The molecule has 158 valence electrons. The molecule has 0 fully saturated rings. The van der Waals surface area contributed by atoms with Crippen molar-refractivity contribution < 1.29 is 22.6 Å². The first kappa shape index (κ1) is 21.2. The summed E-state index contributed by atoms with van der Waals surface area (Å²) in [5.74, 6) is 2.20. The molecule has 9 nitrogen and oxygen atoms in total. The Labute approximate surface area is 175 Å². The quantitative estimate of drug-likeness (QED) is 0.560. The van der Waals surface area contributed by atoms with Gasteiger partial charge in [-0.15, -0.1) is 0 Å². The molecule has 0 bridgehead atoms. The zero-order valence-corrected chi connectivity index (χ0v) is 17.8. The van der Waals surface area contributed by atoms with Gasteiger partial charge >= 0.3 is 0 Å². The second-order valence-corrected chi connectivity index (χ2v) is 7.82. The van der Waals surface area contributed by atoms with E-state index in [0.29, 0.717) is 29.0 Å². The van der Waals surface area contributed by atoms with Crippen LogP contribution in [0.3, 0.4) is 0 Å². The molecule has 2 aromatic carbocycles. The van der Waals surface area contributed by atoms with E-state index in [9.17, 15) is 8.42 Å². The maximum atomic E-state index is 12.8. The number of hydrogen-bond acceptors (Lipinski definition) is 8. The molecule has 1 aromatic heterocycles. The van der Waals surface area contributed by atoms with Gasteiger partial charge in [-0.05, 0) is 43.3 Å². The summed E-state index contributed by atoms with van der Waals surface area (Å²) in [6.07, 6.45) is 0. The molecule has 0 unspecified atom stereocenters. The van der Waals surface area contributed by atoms with Crippen molar-refractivity contribution in [3.05, 3.63) is 54.4 Å². The number of nitrogens with zero attached hydrogens (tertiary/aromatic N) is 2. The lowest BCUT2D eigenvalue weighted by Gasteiger charge is -2.13. The average molecular weight is 430 g/mol. The molecule has 0 amide bonds. The average Bonchev–Trinajstić information content (AvgIpc) is 2.74. The third kappa shape index (κ3) is 4.90. The van der Waals surface area contributed by atoms with Crippen LogP contribution in [0.4, 0.5) is 17.2 Å². The first-order valence-corrected chi connectivity index (χ1v) is 10.3. The van der Waals surface area contributed by atoms with Crippen molar-refractivity contribution >= 4 is 27.2 Å². The van der Waals surface area contributed by atoms with Crippen LogP contribution in [0.5, 0.6) is 17.4 Å². The Balaban J connectivity index is 1.79. The van der Waals surface area contributed by atoms with Crippen LogP contribution in [0, 0.1) is 6.92 Å². The Bertz CT molecular complexity index is 1130. The lowest BCUT2D eigenvalue weighted by molar-refractivity contribution is 0.392. The highest BCUT2D eigenvalue weighted by Gasteiger charge is 2.20. The van der Waals surface area contributed by atoms with Crippen molar-refractivity contribution in [2.75, 3.05) is 31.4 Å². The van der Waals surface area contributed by atoms with Gasteiger partial charge in [-0.2, -0.15) is 4.98 Å². The maximum absolute atomic E-state index is 12.8. The van der Waals surface area contributed by atoms with E-state index in [2.05, 4.69) is 20.0 Å². The number of ether oxygens (including phenoxy) is 3. The summed E-state index contributed by atoms with van der Waals surface area (Å²) in [5, 5.41) is 3.13. The number of rotatable bonds is 8. The first-order valence-electron chi connectivity index (χ1n) is 8.86. The molecular formula is C20H22N4O5S. The monoisotopic (exact) mass is 430 g/mol. The third-order valence-electron chi connectivity index (χ3n) is 4.09. The van der Waals surface area contributed by atoms with Crippen LogP contribution < -0.4 is 24.2 Å². The van der Waals surface area contributed by atoms with Gasteiger partial charge in [0.05, 0.1) is 21.3 Å². The summed E-state index contributed by atoms with van der Waals surface area (Å²) < 4.78 is 43.7. The second kappa shape index (κ2) is 8.87. The summed E-state index contributed by atoms with van der Waals surface area (Å²) in [4.78, 5) is 8.41. The number of anilines is 3. The number of benzene rings is 2. The predicted molar refractivity (Wildman–Crippen MR) is 113 cm³/mol. The molecule has 0 aliphatic rings. The topological polar surface area (TPSA) is 112 Å². The van der Waals surface area contributed by atoms with Crippen LogP contribution >= 0.6 is 0 Å². The summed E-state index contributed by atoms with van der Waals surface area (Å²) >= 11 is 0. The minimum absolute atomic E-state index is 0.0184.